The molecule has 3 amide bonds. The highest BCUT2D eigenvalue weighted by atomic mass is 16.7. The molecule has 1 heterocycles. The fourth-order valence-electron chi connectivity index (χ4n) is 3.03. The normalized spacial score (nSPS) is 20.3. The van der Waals surface area contributed by atoms with Crippen LogP contribution in [0.4, 0.5) is 5.69 Å². The number of anilines is 1. The molecular formula is C20H16N2O5. The van der Waals surface area contributed by atoms with Crippen LogP contribution in [0.5, 0.6) is 0 Å². The van der Waals surface area contributed by atoms with Crippen molar-refractivity contribution in [3.8, 4) is 0 Å². The molecule has 7 nitrogen and oxygen atoms in total. The Kier molecular flexibility index (Phi) is 3.99. The number of carbonyl (C=O) groups is 4. The van der Waals surface area contributed by atoms with Crippen LogP contribution in [-0.2, 0) is 9.63 Å². The average Bonchev–Trinajstić information content (AvgIpc) is 3.36. The maximum absolute atomic E-state index is 12.4. The highest BCUT2D eigenvalue weighted by Crippen LogP contribution is 2.38. The maximum Gasteiger partial charge on any atom is 0.364 e. The van der Waals surface area contributed by atoms with Crippen molar-refractivity contribution in [1.29, 1.82) is 0 Å². The first-order chi connectivity index (χ1) is 13.0. The van der Waals surface area contributed by atoms with Gasteiger partial charge < -0.3 is 10.2 Å². The quantitative estimate of drug-likeness (QED) is 0.842. The molecule has 2 aromatic rings. The summed E-state index contributed by atoms with van der Waals surface area (Å²) in [5.41, 5.74) is 0.953. The lowest BCUT2D eigenvalue weighted by Gasteiger charge is -2.13. The standard InChI is InChI=1S/C20H16N2O5/c1-11-9-16(11)17(23)21-13-6-4-5-12(10-13)20(26)27-22-18(24)14-7-2-3-8-15(14)19(22)25/h2-8,10-11,16H,9H2,1H3,(H,21,23). The molecule has 27 heavy (non-hydrogen) atoms. The zero-order valence-electron chi connectivity index (χ0n) is 14.5. The smallest absolute Gasteiger partial charge is 0.326 e. The fourth-order valence-corrected chi connectivity index (χ4v) is 3.03. The Hall–Kier alpha value is -3.48. The number of fused-ring (bicyclic) bond motifs is 1. The number of benzene rings is 2. The topological polar surface area (TPSA) is 92.8 Å². The molecule has 2 aliphatic rings. The van der Waals surface area contributed by atoms with Crippen LogP contribution >= 0.6 is 0 Å². The summed E-state index contributed by atoms with van der Waals surface area (Å²) in [4.78, 5) is 54.0. The van der Waals surface area contributed by atoms with Crippen LogP contribution in [0.1, 0.15) is 44.4 Å². The molecule has 2 aromatic carbocycles. The number of carbonyl (C=O) groups excluding carboxylic acids is 4. The number of nitrogens with zero attached hydrogens (tertiary/aromatic N) is 1. The van der Waals surface area contributed by atoms with Gasteiger partial charge in [0.05, 0.1) is 16.7 Å². The Morgan fingerprint density at radius 3 is 2.26 bits per heavy atom. The largest absolute Gasteiger partial charge is 0.364 e. The van der Waals surface area contributed by atoms with Gasteiger partial charge in [0.25, 0.3) is 11.8 Å². The van der Waals surface area contributed by atoms with E-state index in [0.717, 1.165) is 6.42 Å². The van der Waals surface area contributed by atoms with Crippen molar-refractivity contribution >= 4 is 29.4 Å². The summed E-state index contributed by atoms with van der Waals surface area (Å²) >= 11 is 0. The molecule has 0 saturated heterocycles. The van der Waals surface area contributed by atoms with Crippen LogP contribution in [0.2, 0.25) is 0 Å². The van der Waals surface area contributed by atoms with Crippen molar-refractivity contribution in [1.82, 2.24) is 5.06 Å². The van der Waals surface area contributed by atoms with Crippen molar-refractivity contribution in [3.63, 3.8) is 0 Å². The highest BCUT2D eigenvalue weighted by molar-refractivity contribution is 6.21. The molecular weight excluding hydrogens is 348 g/mol. The molecule has 1 fully saturated rings. The molecule has 0 bridgehead atoms. The van der Waals surface area contributed by atoms with Gasteiger partial charge >= 0.3 is 5.97 Å². The van der Waals surface area contributed by atoms with Gasteiger partial charge in [0.1, 0.15) is 0 Å². The molecule has 1 aliphatic carbocycles. The maximum atomic E-state index is 12.4. The molecule has 2 unspecified atom stereocenters. The van der Waals surface area contributed by atoms with Gasteiger partial charge in [-0.1, -0.05) is 30.2 Å². The van der Waals surface area contributed by atoms with Gasteiger partial charge in [0.2, 0.25) is 5.91 Å². The summed E-state index contributed by atoms with van der Waals surface area (Å²) in [6.45, 7) is 2.00. The first-order valence-electron chi connectivity index (χ1n) is 8.56. The third kappa shape index (κ3) is 3.08. The van der Waals surface area contributed by atoms with E-state index in [9.17, 15) is 19.2 Å². The second-order valence-electron chi connectivity index (χ2n) is 6.72. The average molecular weight is 364 g/mol. The molecule has 7 heteroatoms. The van der Waals surface area contributed by atoms with Gasteiger partial charge in [-0.25, -0.2) is 4.79 Å². The van der Waals surface area contributed by atoms with Gasteiger partial charge in [0, 0.05) is 11.6 Å². The molecule has 0 radical (unpaired) electrons. The predicted molar refractivity (Wildman–Crippen MR) is 94.7 cm³/mol. The van der Waals surface area contributed by atoms with Crippen molar-refractivity contribution in [3.05, 3.63) is 65.2 Å². The highest BCUT2D eigenvalue weighted by Gasteiger charge is 2.40. The van der Waals surface area contributed by atoms with E-state index in [2.05, 4.69) is 5.32 Å². The van der Waals surface area contributed by atoms with Crippen LogP contribution in [0, 0.1) is 11.8 Å². The zero-order chi connectivity index (χ0) is 19.1. The number of imide groups is 1. The second kappa shape index (κ2) is 6.35. The van der Waals surface area contributed by atoms with E-state index < -0.39 is 17.8 Å². The third-order valence-corrected chi connectivity index (χ3v) is 4.74. The Bertz CT molecular complexity index is 949. The van der Waals surface area contributed by atoms with Crippen LogP contribution in [-0.4, -0.2) is 28.8 Å². The molecule has 0 aromatic heterocycles. The Labute approximate surface area is 154 Å². The lowest BCUT2D eigenvalue weighted by Crippen LogP contribution is -2.32. The van der Waals surface area contributed by atoms with Crippen molar-refractivity contribution in [2.75, 3.05) is 5.32 Å². The van der Waals surface area contributed by atoms with Gasteiger partial charge in [-0.3, -0.25) is 14.4 Å². The number of amides is 3. The summed E-state index contributed by atoms with van der Waals surface area (Å²) in [6.07, 6.45) is 0.854. The van der Waals surface area contributed by atoms with Crippen molar-refractivity contribution in [2.45, 2.75) is 13.3 Å². The molecule has 2 atom stereocenters. The number of hydrogen-bond acceptors (Lipinski definition) is 5. The Balaban J connectivity index is 1.48. The molecule has 1 N–H and O–H groups in total. The number of hydrogen-bond donors (Lipinski definition) is 1. The van der Waals surface area contributed by atoms with Crippen LogP contribution in [0.25, 0.3) is 0 Å². The van der Waals surface area contributed by atoms with Crippen molar-refractivity contribution < 1.29 is 24.0 Å². The van der Waals surface area contributed by atoms with Gasteiger partial charge in [-0.15, -0.1) is 0 Å². The van der Waals surface area contributed by atoms with E-state index in [1.54, 1.807) is 24.3 Å². The van der Waals surface area contributed by atoms with Crippen LogP contribution in [0.3, 0.4) is 0 Å². The van der Waals surface area contributed by atoms with E-state index in [4.69, 9.17) is 4.84 Å². The summed E-state index contributed by atoms with van der Waals surface area (Å²) in [5.74, 6) is -1.95. The molecule has 1 aliphatic heterocycles. The number of nitrogens with one attached hydrogen (secondary N) is 1. The molecule has 4 rings (SSSR count). The lowest BCUT2D eigenvalue weighted by atomic mass is 10.1. The van der Waals surface area contributed by atoms with Gasteiger partial charge in [-0.2, -0.15) is 0 Å². The Morgan fingerprint density at radius 2 is 1.67 bits per heavy atom. The van der Waals surface area contributed by atoms with Crippen LogP contribution < -0.4 is 5.32 Å². The monoisotopic (exact) mass is 364 g/mol. The third-order valence-electron chi connectivity index (χ3n) is 4.74. The SMILES string of the molecule is CC1CC1C(=O)Nc1cccc(C(=O)ON2C(=O)c3ccccc3C2=O)c1. The summed E-state index contributed by atoms with van der Waals surface area (Å²) in [5, 5.41) is 3.22. The van der Waals surface area contributed by atoms with E-state index >= 15 is 0 Å². The second-order valence-corrected chi connectivity index (χ2v) is 6.72. The first kappa shape index (κ1) is 17.0. The van der Waals surface area contributed by atoms with E-state index in [0.29, 0.717) is 16.7 Å². The summed E-state index contributed by atoms with van der Waals surface area (Å²) in [7, 11) is 0. The minimum absolute atomic E-state index is 0.000968. The van der Waals surface area contributed by atoms with E-state index in [1.807, 2.05) is 6.92 Å². The van der Waals surface area contributed by atoms with E-state index in [-0.39, 0.29) is 28.5 Å². The molecule has 0 spiro atoms. The predicted octanol–water partition coefficient (Wildman–Crippen LogP) is 2.65. The van der Waals surface area contributed by atoms with Gasteiger partial charge in [0.15, 0.2) is 0 Å². The van der Waals surface area contributed by atoms with Crippen LogP contribution in [0.15, 0.2) is 48.5 Å². The molecule has 1 saturated carbocycles. The summed E-state index contributed by atoms with van der Waals surface area (Å²) < 4.78 is 0. The minimum atomic E-state index is -0.861. The first-order valence-corrected chi connectivity index (χ1v) is 8.56. The zero-order valence-corrected chi connectivity index (χ0v) is 14.5. The lowest BCUT2D eigenvalue weighted by molar-refractivity contribution is -0.117. The van der Waals surface area contributed by atoms with Gasteiger partial charge in [-0.05, 0) is 42.7 Å². The Morgan fingerprint density at radius 1 is 1.04 bits per heavy atom. The number of rotatable bonds is 4. The minimum Gasteiger partial charge on any atom is -0.326 e. The number of hydroxylamine groups is 2. The molecule has 136 valence electrons. The fraction of sp³-hybridized carbons (Fsp3) is 0.200. The van der Waals surface area contributed by atoms with Crippen molar-refractivity contribution in [2.24, 2.45) is 11.8 Å². The van der Waals surface area contributed by atoms with E-state index in [1.165, 1.54) is 24.3 Å². The summed E-state index contributed by atoms with van der Waals surface area (Å²) in [6, 6.07) is 12.4.